The van der Waals surface area contributed by atoms with Gasteiger partial charge in [-0.1, -0.05) is 12.0 Å². The van der Waals surface area contributed by atoms with Crippen LogP contribution in [0, 0.1) is 11.8 Å². The first kappa shape index (κ1) is 9.22. The Kier molecular flexibility index (Phi) is 2.34. The van der Waals surface area contributed by atoms with Gasteiger partial charge in [0.25, 0.3) is 5.91 Å². The average molecular weight is 196 g/mol. The number of aromatic nitrogens is 1. The van der Waals surface area contributed by atoms with Crippen molar-refractivity contribution in [3.05, 3.63) is 42.1 Å². The monoisotopic (exact) mass is 196 g/mol. The summed E-state index contributed by atoms with van der Waals surface area (Å²) in [6.45, 7) is 0. The van der Waals surface area contributed by atoms with E-state index in [1.54, 1.807) is 6.20 Å². The molecular weight excluding hydrogens is 188 g/mol. The molecule has 0 saturated heterocycles. The number of pyridine rings is 1. The fraction of sp³-hybridized carbons (Fsp3) is 0. The van der Waals surface area contributed by atoms with Gasteiger partial charge in [0.15, 0.2) is 0 Å². The molecule has 0 saturated carbocycles. The molecule has 0 aliphatic carbocycles. The van der Waals surface area contributed by atoms with Crippen LogP contribution in [0.4, 0.5) is 0 Å². The van der Waals surface area contributed by atoms with Crippen molar-refractivity contribution in [2.45, 2.75) is 0 Å². The van der Waals surface area contributed by atoms with E-state index in [0.717, 1.165) is 16.5 Å². The van der Waals surface area contributed by atoms with E-state index in [1.807, 2.05) is 30.3 Å². The molecule has 0 aliphatic rings. The van der Waals surface area contributed by atoms with Gasteiger partial charge in [-0.25, -0.2) is 0 Å². The van der Waals surface area contributed by atoms with Crippen LogP contribution in [-0.4, -0.2) is 10.9 Å². The molecule has 2 rings (SSSR count). The molecular formula is C12H8N2O. The highest BCUT2D eigenvalue weighted by atomic mass is 16.1. The summed E-state index contributed by atoms with van der Waals surface area (Å²) in [6.07, 6.45) is 1.73. The number of hydrogen-bond donors (Lipinski definition) is 1. The smallest absolute Gasteiger partial charge is 0.293 e. The summed E-state index contributed by atoms with van der Waals surface area (Å²) in [7, 11) is 0. The van der Waals surface area contributed by atoms with E-state index in [0.29, 0.717) is 0 Å². The highest BCUT2D eigenvalue weighted by Gasteiger charge is 1.93. The first-order valence-electron chi connectivity index (χ1n) is 4.42. The zero-order chi connectivity index (χ0) is 10.7. The average Bonchev–Trinajstić information content (AvgIpc) is 2.26. The van der Waals surface area contributed by atoms with Crippen LogP contribution >= 0.6 is 0 Å². The molecule has 1 aromatic heterocycles. The molecule has 0 atom stereocenters. The molecule has 1 amide bonds. The summed E-state index contributed by atoms with van der Waals surface area (Å²) in [5.41, 5.74) is 6.59. The molecule has 0 aliphatic heterocycles. The number of rotatable bonds is 0. The Hall–Kier alpha value is -2.34. The molecule has 0 spiro atoms. The molecule has 72 valence electrons. The standard InChI is InChI=1S/C12H8N2O/c13-12(15)6-4-9-3-5-11-10(8-9)2-1-7-14-11/h1-3,5,7-8H,(H2,13,15). The minimum Gasteiger partial charge on any atom is -0.359 e. The molecule has 0 radical (unpaired) electrons. The largest absolute Gasteiger partial charge is 0.359 e. The predicted molar refractivity (Wildman–Crippen MR) is 57.8 cm³/mol. The lowest BCUT2D eigenvalue weighted by Crippen LogP contribution is -2.06. The van der Waals surface area contributed by atoms with Crippen LogP contribution in [0.15, 0.2) is 36.5 Å². The van der Waals surface area contributed by atoms with Crippen LogP contribution in [0.25, 0.3) is 10.9 Å². The number of amides is 1. The van der Waals surface area contributed by atoms with Crippen LogP contribution in [0.2, 0.25) is 0 Å². The quantitative estimate of drug-likeness (QED) is 0.641. The third-order valence-electron chi connectivity index (χ3n) is 1.93. The lowest BCUT2D eigenvalue weighted by molar-refractivity contribution is -0.112. The lowest BCUT2D eigenvalue weighted by atomic mass is 10.1. The zero-order valence-corrected chi connectivity index (χ0v) is 7.90. The van der Waals surface area contributed by atoms with Crippen LogP contribution in [0.5, 0.6) is 0 Å². The van der Waals surface area contributed by atoms with Crippen molar-refractivity contribution in [3.63, 3.8) is 0 Å². The SMILES string of the molecule is NC(=O)C#Cc1ccc2ncccc2c1. The minimum absolute atomic E-state index is 0.624. The Morgan fingerprint density at radius 1 is 1.33 bits per heavy atom. The Labute approximate surface area is 86.9 Å². The second kappa shape index (κ2) is 3.81. The summed E-state index contributed by atoms with van der Waals surface area (Å²) >= 11 is 0. The van der Waals surface area contributed by atoms with Gasteiger partial charge in [0.1, 0.15) is 0 Å². The van der Waals surface area contributed by atoms with E-state index in [4.69, 9.17) is 5.73 Å². The molecule has 1 heterocycles. The van der Waals surface area contributed by atoms with Crippen molar-refractivity contribution >= 4 is 16.8 Å². The third-order valence-corrected chi connectivity index (χ3v) is 1.93. The number of nitrogens with zero attached hydrogens (tertiary/aromatic N) is 1. The summed E-state index contributed by atoms with van der Waals surface area (Å²) in [5, 5.41) is 0.994. The third kappa shape index (κ3) is 2.12. The number of benzene rings is 1. The number of nitrogens with two attached hydrogens (primary N) is 1. The van der Waals surface area contributed by atoms with Gasteiger partial charge in [-0.15, -0.1) is 0 Å². The first-order valence-corrected chi connectivity index (χ1v) is 4.42. The van der Waals surface area contributed by atoms with Gasteiger partial charge in [0.05, 0.1) is 5.52 Å². The number of fused-ring (bicyclic) bond motifs is 1. The number of primary amides is 1. The van der Waals surface area contributed by atoms with Crippen molar-refractivity contribution in [1.29, 1.82) is 0 Å². The molecule has 0 fully saturated rings. The summed E-state index contributed by atoms with van der Waals surface area (Å²) in [6, 6.07) is 9.34. The van der Waals surface area contributed by atoms with E-state index in [9.17, 15) is 4.79 Å². The molecule has 15 heavy (non-hydrogen) atoms. The topological polar surface area (TPSA) is 56.0 Å². The Morgan fingerprint density at radius 2 is 2.20 bits per heavy atom. The summed E-state index contributed by atoms with van der Waals surface area (Å²) in [4.78, 5) is 14.7. The number of hydrogen-bond acceptors (Lipinski definition) is 2. The van der Waals surface area contributed by atoms with Crippen LogP contribution < -0.4 is 5.73 Å². The summed E-state index contributed by atoms with van der Waals surface area (Å²) < 4.78 is 0. The van der Waals surface area contributed by atoms with Crippen LogP contribution in [0.1, 0.15) is 5.56 Å². The Morgan fingerprint density at radius 3 is 3.00 bits per heavy atom. The maximum Gasteiger partial charge on any atom is 0.293 e. The van der Waals surface area contributed by atoms with Gasteiger partial charge >= 0.3 is 0 Å². The van der Waals surface area contributed by atoms with E-state index in [2.05, 4.69) is 16.8 Å². The minimum atomic E-state index is -0.624. The van der Waals surface area contributed by atoms with E-state index >= 15 is 0 Å². The fourth-order valence-corrected chi connectivity index (χ4v) is 1.29. The van der Waals surface area contributed by atoms with Crippen molar-refractivity contribution in [2.24, 2.45) is 5.73 Å². The molecule has 2 aromatic rings. The van der Waals surface area contributed by atoms with Gasteiger partial charge in [-0.2, -0.15) is 0 Å². The fourth-order valence-electron chi connectivity index (χ4n) is 1.29. The predicted octanol–water partition coefficient (Wildman–Crippen LogP) is 1.07. The second-order valence-electron chi connectivity index (χ2n) is 3.03. The molecule has 0 unspecified atom stereocenters. The van der Waals surface area contributed by atoms with Crippen LogP contribution in [0.3, 0.4) is 0 Å². The van der Waals surface area contributed by atoms with Gasteiger partial charge in [0.2, 0.25) is 0 Å². The Balaban J connectivity index is 2.49. The van der Waals surface area contributed by atoms with Gasteiger partial charge < -0.3 is 5.73 Å². The lowest BCUT2D eigenvalue weighted by Gasteiger charge is -1.95. The van der Waals surface area contributed by atoms with Crippen molar-refractivity contribution in [3.8, 4) is 11.8 Å². The highest BCUT2D eigenvalue weighted by molar-refractivity contribution is 5.92. The molecule has 3 heteroatoms. The normalized spacial score (nSPS) is 9.33. The molecule has 1 aromatic carbocycles. The zero-order valence-electron chi connectivity index (χ0n) is 7.90. The van der Waals surface area contributed by atoms with Crippen molar-refractivity contribution in [2.75, 3.05) is 0 Å². The van der Waals surface area contributed by atoms with Crippen molar-refractivity contribution in [1.82, 2.24) is 4.98 Å². The van der Waals surface area contributed by atoms with Crippen molar-refractivity contribution < 1.29 is 4.79 Å². The number of carbonyl (C=O) groups is 1. The molecule has 2 N–H and O–H groups in total. The number of carbonyl (C=O) groups excluding carboxylic acids is 1. The van der Waals surface area contributed by atoms with Gasteiger partial charge in [-0.3, -0.25) is 9.78 Å². The van der Waals surface area contributed by atoms with Crippen LogP contribution in [-0.2, 0) is 4.79 Å². The van der Waals surface area contributed by atoms with Gasteiger partial charge in [-0.05, 0) is 30.2 Å². The second-order valence-corrected chi connectivity index (χ2v) is 3.03. The maximum atomic E-state index is 10.5. The maximum absolute atomic E-state index is 10.5. The van der Waals surface area contributed by atoms with E-state index in [1.165, 1.54) is 0 Å². The highest BCUT2D eigenvalue weighted by Crippen LogP contribution is 2.12. The first-order chi connectivity index (χ1) is 7.25. The molecule has 3 nitrogen and oxygen atoms in total. The van der Waals surface area contributed by atoms with Gasteiger partial charge in [0, 0.05) is 17.1 Å². The summed E-state index contributed by atoms with van der Waals surface area (Å²) in [5.74, 6) is 4.36. The van der Waals surface area contributed by atoms with E-state index in [-0.39, 0.29) is 0 Å². The Bertz CT molecular complexity index is 579. The molecule has 0 bridgehead atoms. The van der Waals surface area contributed by atoms with E-state index < -0.39 is 5.91 Å².